The van der Waals surface area contributed by atoms with Gasteiger partial charge in [0.1, 0.15) is 5.69 Å². The number of rotatable bonds is 4. The second-order valence-corrected chi connectivity index (χ2v) is 8.63. The first-order valence-corrected chi connectivity index (χ1v) is 10.8. The van der Waals surface area contributed by atoms with E-state index in [1.165, 1.54) is 0 Å². The number of hydrogen-bond donors (Lipinski definition) is 1. The van der Waals surface area contributed by atoms with Crippen molar-refractivity contribution in [3.8, 4) is 11.3 Å². The molecule has 0 radical (unpaired) electrons. The van der Waals surface area contributed by atoms with Crippen LogP contribution < -0.4 is 0 Å². The average Bonchev–Trinajstić information content (AvgIpc) is 3.31. The lowest BCUT2D eigenvalue weighted by atomic mass is 9.96. The Labute approximate surface area is 194 Å². The fourth-order valence-corrected chi connectivity index (χ4v) is 4.44. The molecule has 4 nitrogen and oxygen atoms in total. The SMILES string of the molecule is O=C1c2[nH]nc(-c3ccc(Cl)cc3)c2C(c2ccc(Cl)cc2)N1Cc1ccccc1Cl. The van der Waals surface area contributed by atoms with E-state index in [1.54, 1.807) is 0 Å². The van der Waals surface area contributed by atoms with Gasteiger partial charge in [0.15, 0.2) is 0 Å². The highest BCUT2D eigenvalue weighted by molar-refractivity contribution is 6.31. The molecule has 0 aliphatic carbocycles. The summed E-state index contributed by atoms with van der Waals surface area (Å²) < 4.78 is 0. The van der Waals surface area contributed by atoms with Crippen LogP contribution in [0.2, 0.25) is 15.1 Å². The van der Waals surface area contributed by atoms with Crippen molar-refractivity contribution in [1.29, 1.82) is 0 Å². The van der Waals surface area contributed by atoms with E-state index >= 15 is 0 Å². The number of H-pyrrole nitrogens is 1. The minimum Gasteiger partial charge on any atom is -0.322 e. The van der Waals surface area contributed by atoms with E-state index in [-0.39, 0.29) is 11.9 Å². The number of amides is 1. The summed E-state index contributed by atoms with van der Waals surface area (Å²) in [5, 5.41) is 9.33. The van der Waals surface area contributed by atoms with Crippen molar-refractivity contribution in [3.05, 3.63) is 110 Å². The van der Waals surface area contributed by atoms with E-state index in [0.717, 1.165) is 27.9 Å². The van der Waals surface area contributed by atoms with Crippen LogP contribution in [0.1, 0.15) is 33.2 Å². The van der Waals surface area contributed by atoms with Gasteiger partial charge in [0, 0.05) is 32.7 Å². The number of nitrogens with zero attached hydrogens (tertiary/aromatic N) is 2. The Hall–Kier alpha value is -2.79. The summed E-state index contributed by atoms with van der Waals surface area (Å²) in [7, 11) is 0. The number of benzene rings is 3. The molecular formula is C24H16Cl3N3O. The average molecular weight is 469 g/mol. The summed E-state index contributed by atoms with van der Waals surface area (Å²) in [6, 6.07) is 22.2. The molecule has 0 fully saturated rings. The molecule has 5 rings (SSSR count). The highest BCUT2D eigenvalue weighted by Crippen LogP contribution is 2.44. The van der Waals surface area contributed by atoms with Crippen molar-refractivity contribution < 1.29 is 4.79 Å². The van der Waals surface area contributed by atoms with E-state index in [2.05, 4.69) is 10.2 Å². The minimum atomic E-state index is -0.333. The van der Waals surface area contributed by atoms with Crippen LogP contribution in [-0.4, -0.2) is 21.0 Å². The normalized spacial score (nSPS) is 15.4. The molecule has 3 aromatic carbocycles. The first-order chi connectivity index (χ1) is 15.0. The summed E-state index contributed by atoms with van der Waals surface area (Å²) in [6.07, 6.45) is 0. The van der Waals surface area contributed by atoms with Crippen LogP contribution in [0.15, 0.2) is 72.8 Å². The van der Waals surface area contributed by atoms with Gasteiger partial charge < -0.3 is 4.90 Å². The number of nitrogens with one attached hydrogen (secondary N) is 1. The molecule has 1 aliphatic heterocycles. The van der Waals surface area contributed by atoms with E-state index in [1.807, 2.05) is 77.7 Å². The maximum atomic E-state index is 13.4. The smallest absolute Gasteiger partial charge is 0.273 e. The summed E-state index contributed by atoms with van der Waals surface area (Å²) in [5.41, 5.74) is 4.75. The van der Waals surface area contributed by atoms with Gasteiger partial charge in [-0.1, -0.05) is 77.3 Å². The fourth-order valence-electron chi connectivity index (χ4n) is 3.99. The number of hydrogen-bond acceptors (Lipinski definition) is 2. The van der Waals surface area contributed by atoms with E-state index in [9.17, 15) is 4.79 Å². The number of halogens is 3. The fraction of sp³-hybridized carbons (Fsp3) is 0.0833. The molecule has 0 bridgehead atoms. The Morgan fingerprint density at radius 2 is 1.52 bits per heavy atom. The number of aromatic amines is 1. The van der Waals surface area contributed by atoms with Gasteiger partial charge in [-0.3, -0.25) is 9.89 Å². The molecule has 2 heterocycles. The lowest BCUT2D eigenvalue weighted by molar-refractivity contribution is 0.0730. The Morgan fingerprint density at radius 3 is 2.19 bits per heavy atom. The first-order valence-electron chi connectivity index (χ1n) is 9.67. The zero-order chi connectivity index (χ0) is 21.5. The second-order valence-electron chi connectivity index (χ2n) is 7.35. The molecule has 154 valence electrons. The summed E-state index contributed by atoms with van der Waals surface area (Å²) in [6.45, 7) is 0.369. The van der Waals surface area contributed by atoms with Crippen LogP contribution in [-0.2, 0) is 6.54 Å². The molecule has 1 atom stereocenters. The third kappa shape index (κ3) is 3.61. The van der Waals surface area contributed by atoms with E-state index in [0.29, 0.717) is 27.3 Å². The third-order valence-electron chi connectivity index (χ3n) is 5.47. The first kappa shape index (κ1) is 20.1. The summed E-state index contributed by atoms with van der Waals surface area (Å²) in [5.74, 6) is -0.123. The Balaban J connectivity index is 1.65. The Morgan fingerprint density at radius 1 is 0.871 bits per heavy atom. The van der Waals surface area contributed by atoms with Crippen LogP contribution in [0.3, 0.4) is 0 Å². The molecule has 1 N–H and O–H groups in total. The van der Waals surface area contributed by atoms with Gasteiger partial charge in [-0.2, -0.15) is 5.10 Å². The van der Waals surface area contributed by atoms with Crippen molar-refractivity contribution in [3.63, 3.8) is 0 Å². The number of carbonyl (C=O) groups is 1. The van der Waals surface area contributed by atoms with Crippen molar-refractivity contribution >= 4 is 40.7 Å². The highest BCUT2D eigenvalue weighted by atomic mass is 35.5. The van der Waals surface area contributed by atoms with Gasteiger partial charge in [-0.15, -0.1) is 0 Å². The van der Waals surface area contributed by atoms with Crippen molar-refractivity contribution in [2.45, 2.75) is 12.6 Å². The minimum absolute atomic E-state index is 0.123. The van der Waals surface area contributed by atoms with Gasteiger partial charge in [-0.05, 0) is 41.5 Å². The molecule has 1 aliphatic rings. The van der Waals surface area contributed by atoms with Gasteiger partial charge in [0.25, 0.3) is 5.91 Å². The monoisotopic (exact) mass is 467 g/mol. The van der Waals surface area contributed by atoms with Crippen LogP contribution in [0.4, 0.5) is 0 Å². The maximum absolute atomic E-state index is 13.4. The highest BCUT2D eigenvalue weighted by Gasteiger charge is 2.42. The van der Waals surface area contributed by atoms with E-state index < -0.39 is 0 Å². The molecule has 1 amide bonds. The number of carbonyl (C=O) groups excluding carboxylic acids is 1. The topological polar surface area (TPSA) is 49.0 Å². The molecule has 0 saturated heterocycles. The van der Waals surface area contributed by atoms with Crippen LogP contribution in [0.5, 0.6) is 0 Å². The van der Waals surface area contributed by atoms with E-state index in [4.69, 9.17) is 34.8 Å². The molecular weight excluding hydrogens is 453 g/mol. The molecule has 7 heteroatoms. The van der Waals surface area contributed by atoms with Crippen LogP contribution in [0.25, 0.3) is 11.3 Å². The van der Waals surface area contributed by atoms with Gasteiger partial charge in [0.2, 0.25) is 0 Å². The van der Waals surface area contributed by atoms with Crippen LogP contribution in [0, 0.1) is 0 Å². The zero-order valence-electron chi connectivity index (χ0n) is 16.1. The van der Waals surface area contributed by atoms with Gasteiger partial charge >= 0.3 is 0 Å². The van der Waals surface area contributed by atoms with Gasteiger partial charge in [-0.25, -0.2) is 0 Å². The lowest BCUT2D eigenvalue weighted by Gasteiger charge is -2.27. The summed E-state index contributed by atoms with van der Waals surface area (Å²) in [4.78, 5) is 15.2. The molecule has 1 aromatic heterocycles. The molecule has 0 spiro atoms. The molecule has 0 saturated carbocycles. The Kier molecular flexibility index (Phi) is 5.22. The Bertz CT molecular complexity index is 1270. The van der Waals surface area contributed by atoms with Crippen molar-refractivity contribution in [2.75, 3.05) is 0 Å². The molecule has 1 unspecified atom stereocenters. The lowest BCUT2D eigenvalue weighted by Crippen LogP contribution is -2.29. The zero-order valence-corrected chi connectivity index (χ0v) is 18.4. The van der Waals surface area contributed by atoms with Crippen molar-refractivity contribution in [1.82, 2.24) is 15.1 Å². The summed E-state index contributed by atoms with van der Waals surface area (Å²) >= 11 is 18.6. The molecule has 31 heavy (non-hydrogen) atoms. The standard InChI is InChI=1S/C24H16Cl3N3O/c25-17-9-5-14(6-10-17)21-20-22(29-28-21)24(31)30(13-16-3-1-2-4-19(16)27)23(20)15-7-11-18(26)12-8-15/h1-12,23H,13H2,(H,28,29). The second kappa shape index (κ2) is 8.04. The number of fused-ring (bicyclic) bond motifs is 1. The largest absolute Gasteiger partial charge is 0.322 e. The number of aromatic nitrogens is 2. The molecule has 4 aromatic rings. The van der Waals surface area contributed by atoms with Gasteiger partial charge in [0.05, 0.1) is 11.7 Å². The predicted molar refractivity (Wildman–Crippen MR) is 124 cm³/mol. The predicted octanol–water partition coefficient (Wildman–Crippen LogP) is 6.78. The third-order valence-corrected chi connectivity index (χ3v) is 6.34. The van der Waals surface area contributed by atoms with Crippen molar-refractivity contribution in [2.24, 2.45) is 0 Å². The quantitative estimate of drug-likeness (QED) is 0.359. The maximum Gasteiger partial charge on any atom is 0.273 e. The van der Waals surface area contributed by atoms with Crippen LogP contribution >= 0.6 is 34.8 Å².